The molecule has 49 heavy (non-hydrogen) atoms. The Morgan fingerprint density at radius 3 is 1.88 bits per heavy atom. The third-order valence-electron chi connectivity index (χ3n) is 10.8. The number of rotatable bonds is 23. The third-order valence-corrected chi connectivity index (χ3v) is 10.8. The molecular weight excluding hydrogens is 612 g/mol. The van der Waals surface area contributed by atoms with Gasteiger partial charge in [-0.3, -0.25) is 14.9 Å². The molecule has 2 aromatic rings. The van der Waals surface area contributed by atoms with Crippen LogP contribution in [0.15, 0.2) is 42.5 Å². The van der Waals surface area contributed by atoms with Gasteiger partial charge in [-0.25, -0.2) is 0 Å². The van der Waals surface area contributed by atoms with Crippen molar-refractivity contribution in [2.75, 3.05) is 11.9 Å². The van der Waals surface area contributed by atoms with Crippen molar-refractivity contribution in [1.29, 1.82) is 0 Å². The number of para-hydroxylation sites is 1. The van der Waals surface area contributed by atoms with E-state index in [4.69, 9.17) is 9.47 Å². The van der Waals surface area contributed by atoms with E-state index in [1.54, 1.807) is 0 Å². The Labute approximate surface area is 296 Å². The van der Waals surface area contributed by atoms with Gasteiger partial charge in [0.25, 0.3) is 5.69 Å². The van der Waals surface area contributed by atoms with Crippen molar-refractivity contribution >= 4 is 23.4 Å². The fourth-order valence-corrected chi connectivity index (χ4v) is 7.73. The number of ether oxygens (including phenoxy) is 2. The molecule has 0 fully saturated rings. The summed E-state index contributed by atoms with van der Waals surface area (Å²) in [5.41, 5.74) is 2.09. The number of hydrogen-bond acceptors (Lipinski definition) is 6. The second-order valence-electron chi connectivity index (χ2n) is 14.9. The summed E-state index contributed by atoms with van der Waals surface area (Å²) in [5, 5.41) is 11.8. The highest BCUT2D eigenvalue weighted by Crippen LogP contribution is 2.54. The van der Waals surface area contributed by atoms with E-state index in [0.29, 0.717) is 23.3 Å². The molecule has 2 aliphatic heterocycles. The zero-order chi connectivity index (χ0) is 35.1. The van der Waals surface area contributed by atoms with Gasteiger partial charge in [0, 0.05) is 42.4 Å². The minimum atomic E-state index is -0.828. The lowest BCUT2D eigenvalue weighted by Gasteiger charge is -2.46. The summed E-state index contributed by atoms with van der Waals surface area (Å²) in [6.07, 6.45) is 29.1. The first-order valence-electron chi connectivity index (χ1n) is 19.4. The van der Waals surface area contributed by atoms with Crippen molar-refractivity contribution in [3.63, 3.8) is 0 Å². The van der Waals surface area contributed by atoms with E-state index in [-0.39, 0.29) is 18.3 Å². The van der Waals surface area contributed by atoms with E-state index in [1.807, 2.05) is 31.3 Å². The molecule has 0 aliphatic carbocycles. The van der Waals surface area contributed by atoms with Gasteiger partial charge in [-0.15, -0.1) is 0 Å². The molecule has 0 N–H and O–H groups in total. The molecule has 2 aliphatic rings. The number of carbonyl (C=O) groups excluding carboxylic acids is 1. The fourth-order valence-electron chi connectivity index (χ4n) is 7.73. The Balaban J connectivity index is 1.12. The van der Waals surface area contributed by atoms with Gasteiger partial charge in [0.1, 0.15) is 12.4 Å². The molecule has 2 heterocycles. The molecule has 0 saturated heterocycles. The van der Waals surface area contributed by atoms with Gasteiger partial charge in [-0.2, -0.15) is 0 Å². The molecular formula is C42H62N2O5. The van der Waals surface area contributed by atoms with Crippen LogP contribution in [-0.4, -0.2) is 23.7 Å². The number of carbonyl (C=O) groups is 1. The normalized spacial score (nSPS) is 17.2. The van der Waals surface area contributed by atoms with Gasteiger partial charge in [0.05, 0.1) is 10.3 Å². The number of likely N-dealkylation sites (N-methyl/N-ethyl adjacent to an activating group) is 1. The third kappa shape index (κ3) is 10.1. The van der Waals surface area contributed by atoms with Crippen LogP contribution < -0.4 is 9.64 Å². The lowest BCUT2D eigenvalue weighted by atomic mass is 9.76. The predicted molar refractivity (Wildman–Crippen MR) is 201 cm³/mol. The largest absolute Gasteiger partial charge is 0.462 e. The first kappa shape index (κ1) is 38.5. The first-order chi connectivity index (χ1) is 23.7. The number of non-ortho nitro benzene ring substituents is 1. The zero-order valence-electron chi connectivity index (χ0n) is 30.9. The summed E-state index contributed by atoms with van der Waals surface area (Å²) in [4.78, 5) is 26.2. The lowest BCUT2D eigenvalue weighted by molar-refractivity contribution is -0.385. The summed E-state index contributed by atoms with van der Waals surface area (Å²) in [7, 11) is 2.01. The maximum atomic E-state index is 12.7. The van der Waals surface area contributed by atoms with Crippen molar-refractivity contribution in [2.45, 2.75) is 167 Å². The maximum absolute atomic E-state index is 12.7. The molecule has 4 rings (SSSR count). The van der Waals surface area contributed by atoms with Crippen LogP contribution in [0.2, 0.25) is 0 Å². The number of nitrogens with zero attached hydrogens (tertiary/aromatic N) is 2. The fraction of sp³-hybridized carbons (Fsp3) is 0.643. The minimum absolute atomic E-state index is 0.0462. The van der Waals surface area contributed by atoms with Crippen molar-refractivity contribution in [2.24, 2.45) is 0 Å². The molecule has 0 bridgehead atoms. The van der Waals surface area contributed by atoms with Crippen molar-refractivity contribution in [3.8, 4) is 5.75 Å². The summed E-state index contributed by atoms with van der Waals surface area (Å²) in [5.74, 6) is 0.246. The van der Waals surface area contributed by atoms with Gasteiger partial charge in [-0.1, -0.05) is 141 Å². The number of nitro benzene ring substituents is 1. The molecule has 0 amide bonds. The standard InChI is InChI=1S/C42H62N2O5/c1-5-6-7-8-9-10-11-12-13-14-15-16-17-18-19-20-21-22-23-28-39(45)48-33-35-32-36(44(46)47)31-34-29-30-42(49-40(34)35)41(2,3)37-26-24-25-27-38(37)43(42)4/h24-27,29-32H,5-23,28,33H2,1-4H3. The number of hydrogen-bond donors (Lipinski definition) is 0. The van der Waals surface area contributed by atoms with E-state index >= 15 is 0 Å². The van der Waals surface area contributed by atoms with E-state index in [9.17, 15) is 14.9 Å². The Morgan fingerprint density at radius 1 is 0.816 bits per heavy atom. The molecule has 0 saturated carbocycles. The monoisotopic (exact) mass is 674 g/mol. The van der Waals surface area contributed by atoms with Gasteiger partial charge in [0.2, 0.25) is 5.72 Å². The first-order valence-corrected chi connectivity index (χ1v) is 19.4. The summed E-state index contributed by atoms with van der Waals surface area (Å²) < 4.78 is 12.5. The number of unbranched alkanes of at least 4 members (excludes halogenated alkanes) is 18. The highest BCUT2D eigenvalue weighted by atomic mass is 16.6. The number of anilines is 1. The summed E-state index contributed by atoms with van der Waals surface area (Å²) >= 11 is 0. The van der Waals surface area contributed by atoms with Crippen molar-refractivity contribution in [1.82, 2.24) is 0 Å². The molecule has 7 nitrogen and oxygen atoms in total. The SMILES string of the molecule is CCCCCCCCCCCCCCCCCCCCCC(=O)OCc1cc([N+](=O)[O-])cc2c1OC1(C=C2)N(C)c2ccccc2C1(C)C. The highest BCUT2D eigenvalue weighted by Gasteiger charge is 2.57. The lowest BCUT2D eigenvalue weighted by Crippen LogP contribution is -2.58. The van der Waals surface area contributed by atoms with Crippen LogP contribution in [-0.2, 0) is 21.6 Å². The Morgan fingerprint density at radius 2 is 1.35 bits per heavy atom. The molecule has 1 unspecified atom stereocenters. The number of esters is 1. The molecule has 2 aromatic carbocycles. The minimum Gasteiger partial charge on any atom is -0.462 e. The predicted octanol–water partition coefficient (Wildman–Crippen LogP) is 12.0. The van der Waals surface area contributed by atoms with Crippen molar-refractivity contribution < 1.29 is 19.2 Å². The highest BCUT2D eigenvalue weighted by molar-refractivity contribution is 5.74. The van der Waals surface area contributed by atoms with E-state index < -0.39 is 16.1 Å². The van der Waals surface area contributed by atoms with E-state index in [1.165, 1.54) is 120 Å². The van der Waals surface area contributed by atoms with E-state index in [0.717, 1.165) is 24.9 Å². The molecule has 0 aromatic heterocycles. The Kier molecular flexibility index (Phi) is 15.0. The average Bonchev–Trinajstić information content (AvgIpc) is 3.25. The Bertz CT molecular complexity index is 1390. The van der Waals surface area contributed by atoms with E-state index in [2.05, 4.69) is 37.8 Å². The molecule has 7 heteroatoms. The number of nitro groups is 1. The van der Waals surface area contributed by atoms with Crippen LogP contribution in [0.5, 0.6) is 5.75 Å². The molecule has 1 atom stereocenters. The zero-order valence-corrected chi connectivity index (χ0v) is 30.9. The average molecular weight is 675 g/mol. The second kappa shape index (κ2) is 19.2. The van der Waals surface area contributed by atoms with Gasteiger partial charge >= 0.3 is 5.97 Å². The second-order valence-corrected chi connectivity index (χ2v) is 14.9. The van der Waals surface area contributed by atoms with Crippen LogP contribution in [0.4, 0.5) is 11.4 Å². The van der Waals surface area contributed by atoms with Crippen molar-refractivity contribution in [3.05, 3.63) is 69.3 Å². The van der Waals surface area contributed by atoms with Crippen LogP contribution in [0.1, 0.15) is 166 Å². The van der Waals surface area contributed by atoms with Gasteiger partial charge in [0.15, 0.2) is 0 Å². The quantitative estimate of drug-likeness (QED) is 0.0505. The topological polar surface area (TPSA) is 81.9 Å². The molecule has 0 radical (unpaired) electrons. The smallest absolute Gasteiger partial charge is 0.306 e. The van der Waals surface area contributed by atoms with Gasteiger partial charge < -0.3 is 14.4 Å². The van der Waals surface area contributed by atoms with Crippen LogP contribution in [0.3, 0.4) is 0 Å². The molecule has 270 valence electrons. The number of benzene rings is 2. The van der Waals surface area contributed by atoms with Gasteiger partial charge in [-0.05, 0) is 44.1 Å². The van der Waals surface area contributed by atoms with Crippen LogP contribution >= 0.6 is 0 Å². The maximum Gasteiger partial charge on any atom is 0.306 e. The summed E-state index contributed by atoms with van der Waals surface area (Å²) in [6.45, 7) is 6.51. The summed E-state index contributed by atoms with van der Waals surface area (Å²) in [6, 6.07) is 11.2. The van der Waals surface area contributed by atoms with Crippen LogP contribution in [0.25, 0.3) is 6.08 Å². The number of fused-ring (bicyclic) bond motifs is 2. The Hall–Kier alpha value is -3.35. The molecule has 1 spiro atoms. The van der Waals surface area contributed by atoms with Crippen LogP contribution in [0, 0.1) is 10.1 Å².